The molecule has 1 aromatic heterocycles. The summed E-state index contributed by atoms with van der Waals surface area (Å²) in [5.74, 6) is 0.603. The maximum atomic E-state index is 13.5. The van der Waals surface area contributed by atoms with Crippen LogP contribution in [0.2, 0.25) is 0 Å². The van der Waals surface area contributed by atoms with Gasteiger partial charge in [-0.05, 0) is 87.4 Å². The molecule has 190 valence electrons. The lowest BCUT2D eigenvalue weighted by atomic mass is 10.1. The van der Waals surface area contributed by atoms with E-state index in [4.69, 9.17) is 9.47 Å². The number of pyridine rings is 1. The molecule has 3 aromatic rings. The highest BCUT2D eigenvalue weighted by Gasteiger charge is 2.24. The Morgan fingerprint density at radius 1 is 1.11 bits per heavy atom. The maximum absolute atomic E-state index is 13.5. The van der Waals surface area contributed by atoms with Gasteiger partial charge in [0.15, 0.2) is 0 Å². The van der Waals surface area contributed by atoms with Gasteiger partial charge in [0.1, 0.15) is 5.75 Å². The van der Waals surface area contributed by atoms with Crippen LogP contribution in [0.4, 0.5) is 0 Å². The lowest BCUT2D eigenvalue weighted by molar-refractivity contribution is 0.0417. The molecule has 1 amide bonds. The van der Waals surface area contributed by atoms with Crippen LogP contribution in [0.15, 0.2) is 53.5 Å². The second kappa shape index (κ2) is 10.8. The Bertz CT molecular complexity index is 1290. The van der Waals surface area contributed by atoms with Crippen LogP contribution in [0, 0.1) is 6.92 Å². The van der Waals surface area contributed by atoms with E-state index in [9.17, 15) is 9.59 Å². The molecule has 36 heavy (non-hydrogen) atoms. The van der Waals surface area contributed by atoms with Gasteiger partial charge in [-0.1, -0.05) is 12.1 Å². The Kier molecular flexibility index (Phi) is 7.39. The first-order valence-corrected chi connectivity index (χ1v) is 13.0. The number of carbonyl (C=O) groups excluding carboxylic acids is 1. The molecule has 2 aliphatic rings. The van der Waals surface area contributed by atoms with Gasteiger partial charge in [-0.2, -0.15) is 0 Å². The van der Waals surface area contributed by atoms with Gasteiger partial charge < -0.3 is 19.7 Å². The summed E-state index contributed by atoms with van der Waals surface area (Å²) in [6, 6.07) is 14.0. The Labute approximate surface area is 212 Å². The third-order valence-electron chi connectivity index (χ3n) is 7.26. The molecule has 1 N–H and O–H groups in total. The normalized spacial score (nSPS) is 16.4. The standard InChI is InChI=1S/C29H35N3O4/c1-20-4-5-22(28(33)30-23-7-8-23)18-27(20)32-14-10-21-6-9-25(19-26(21)29(32)34)36-15-3-13-31(2)24-11-16-35-17-12-24/h4-6,9-10,14,18-19,23-24H,3,7-8,11-13,15-17H2,1-2H3,(H,30,33). The van der Waals surface area contributed by atoms with Crippen LogP contribution in [0.5, 0.6) is 5.75 Å². The zero-order chi connectivity index (χ0) is 25.1. The minimum atomic E-state index is -0.125. The largest absolute Gasteiger partial charge is 0.494 e. The number of aryl methyl sites for hydroxylation is 1. The molecule has 0 unspecified atom stereocenters. The highest BCUT2D eigenvalue weighted by molar-refractivity contribution is 5.95. The van der Waals surface area contributed by atoms with Gasteiger partial charge in [0.2, 0.25) is 0 Å². The van der Waals surface area contributed by atoms with Crippen molar-refractivity contribution >= 4 is 16.7 Å². The number of rotatable bonds is 9. The van der Waals surface area contributed by atoms with Gasteiger partial charge in [-0.25, -0.2) is 0 Å². The minimum absolute atomic E-state index is 0.0919. The summed E-state index contributed by atoms with van der Waals surface area (Å²) < 4.78 is 13.1. The van der Waals surface area contributed by atoms with Crippen LogP contribution in [-0.2, 0) is 4.74 Å². The van der Waals surface area contributed by atoms with Crippen molar-refractivity contribution in [2.24, 2.45) is 0 Å². The number of benzene rings is 2. The third-order valence-corrected chi connectivity index (χ3v) is 7.26. The minimum Gasteiger partial charge on any atom is -0.494 e. The van der Waals surface area contributed by atoms with Crippen molar-refractivity contribution in [2.75, 3.05) is 33.4 Å². The molecule has 1 aliphatic heterocycles. The number of aromatic nitrogens is 1. The van der Waals surface area contributed by atoms with Gasteiger partial charge in [0, 0.05) is 43.6 Å². The number of nitrogens with zero attached hydrogens (tertiary/aromatic N) is 2. The van der Waals surface area contributed by atoms with Gasteiger partial charge in [0.05, 0.1) is 17.7 Å². The van der Waals surface area contributed by atoms with E-state index in [0.717, 1.165) is 62.8 Å². The van der Waals surface area contributed by atoms with Crippen molar-refractivity contribution < 1.29 is 14.3 Å². The van der Waals surface area contributed by atoms with Gasteiger partial charge in [0.25, 0.3) is 11.5 Å². The molecule has 0 atom stereocenters. The van der Waals surface area contributed by atoms with Crippen LogP contribution in [0.1, 0.15) is 48.0 Å². The van der Waals surface area contributed by atoms with E-state index in [-0.39, 0.29) is 17.5 Å². The van der Waals surface area contributed by atoms with Crippen LogP contribution in [-0.4, -0.2) is 60.9 Å². The predicted octanol–water partition coefficient (Wildman–Crippen LogP) is 4.07. The summed E-state index contributed by atoms with van der Waals surface area (Å²) in [6.07, 6.45) is 6.93. The number of carbonyl (C=O) groups is 1. The van der Waals surface area contributed by atoms with E-state index >= 15 is 0 Å². The average molecular weight is 490 g/mol. The SMILES string of the molecule is Cc1ccc(C(=O)NC2CC2)cc1-n1ccc2ccc(OCCCN(C)C3CCOCC3)cc2c1=O. The Hall–Kier alpha value is -3.16. The predicted molar refractivity (Wildman–Crippen MR) is 141 cm³/mol. The van der Waals surface area contributed by atoms with E-state index in [1.807, 2.05) is 43.3 Å². The summed E-state index contributed by atoms with van der Waals surface area (Å²) >= 11 is 0. The van der Waals surface area contributed by atoms with Crippen molar-refractivity contribution in [2.45, 2.75) is 51.1 Å². The second-order valence-corrected chi connectivity index (χ2v) is 10.0. The molecule has 2 fully saturated rings. The van der Waals surface area contributed by atoms with Crippen LogP contribution in [0.3, 0.4) is 0 Å². The highest BCUT2D eigenvalue weighted by Crippen LogP contribution is 2.23. The zero-order valence-electron chi connectivity index (χ0n) is 21.2. The summed E-state index contributed by atoms with van der Waals surface area (Å²) in [7, 11) is 2.17. The Balaban J connectivity index is 1.29. The number of nitrogens with one attached hydrogen (secondary N) is 1. The average Bonchev–Trinajstić information content (AvgIpc) is 3.72. The number of ether oxygens (including phenoxy) is 2. The maximum Gasteiger partial charge on any atom is 0.263 e. The Morgan fingerprint density at radius 3 is 2.69 bits per heavy atom. The number of amides is 1. The molecule has 2 aromatic carbocycles. The Morgan fingerprint density at radius 2 is 1.92 bits per heavy atom. The quantitative estimate of drug-likeness (QED) is 0.459. The number of hydrogen-bond acceptors (Lipinski definition) is 5. The zero-order valence-corrected chi connectivity index (χ0v) is 21.2. The van der Waals surface area contributed by atoms with E-state index in [1.165, 1.54) is 0 Å². The van der Waals surface area contributed by atoms with Crippen LogP contribution in [0.25, 0.3) is 16.5 Å². The molecule has 5 rings (SSSR count). The molecule has 1 saturated heterocycles. The summed E-state index contributed by atoms with van der Waals surface area (Å²) in [5, 5.41) is 4.48. The molecule has 1 saturated carbocycles. The van der Waals surface area contributed by atoms with Gasteiger partial charge in [-0.15, -0.1) is 0 Å². The molecule has 0 bridgehead atoms. The monoisotopic (exact) mass is 489 g/mol. The second-order valence-electron chi connectivity index (χ2n) is 10.0. The molecule has 0 spiro atoms. The first-order chi connectivity index (χ1) is 17.5. The molecular weight excluding hydrogens is 454 g/mol. The van der Waals surface area contributed by atoms with E-state index < -0.39 is 0 Å². The molecule has 0 radical (unpaired) electrons. The van der Waals surface area contributed by atoms with Crippen molar-refractivity contribution in [3.05, 3.63) is 70.1 Å². The molecular formula is C29H35N3O4. The number of fused-ring (bicyclic) bond motifs is 1. The van der Waals surface area contributed by atoms with Crippen LogP contribution < -0.4 is 15.6 Å². The highest BCUT2D eigenvalue weighted by atomic mass is 16.5. The molecule has 1 aliphatic carbocycles. The topological polar surface area (TPSA) is 72.8 Å². The summed E-state index contributed by atoms with van der Waals surface area (Å²) in [6.45, 7) is 5.20. The van der Waals surface area contributed by atoms with Gasteiger partial charge >= 0.3 is 0 Å². The van der Waals surface area contributed by atoms with Gasteiger partial charge in [-0.3, -0.25) is 14.2 Å². The molecule has 2 heterocycles. The summed E-state index contributed by atoms with van der Waals surface area (Å²) in [4.78, 5) is 28.4. The molecule has 7 nitrogen and oxygen atoms in total. The third kappa shape index (κ3) is 5.63. The van der Waals surface area contributed by atoms with Crippen molar-refractivity contribution in [3.8, 4) is 11.4 Å². The van der Waals surface area contributed by atoms with Crippen molar-refractivity contribution in [1.29, 1.82) is 0 Å². The van der Waals surface area contributed by atoms with E-state index in [0.29, 0.717) is 35.0 Å². The first-order valence-electron chi connectivity index (χ1n) is 13.0. The lowest BCUT2D eigenvalue weighted by Gasteiger charge is -2.31. The fourth-order valence-electron chi connectivity index (χ4n) is 4.82. The number of hydrogen-bond donors (Lipinski definition) is 1. The lowest BCUT2D eigenvalue weighted by Crippen LogP contribution is -2.37. The first kappa shape index (κ1) is 24.5. The summed E-state index contributed by atoms with van der Waals surface area (Å²) in [5.41, 5.74) is 2.09. The van der Waals surface area contributed by atoms with Crippen LogP contribution >= 0.6 is 0 Å². The van der Waals surface area contributed by atoms with Crippen molar-refractivity contribution in [1.82, 2.24) is 14.8 Å². The fraction of sp³-hybridized carbons (Fsp3) is 0.448. The van der Waals surface area contributed by atoms with E-state index in [2.05, 4.69) is 17.3 Å². The fourth-order valence-corrected chi connectivity index (χ4v) is 4.82. The smallest absolute Gasteiger partial charge is 0.263 e. The van der Waals surface area contributed by atoms with Crippen molar-refractivity contribution in [3.63, 3.8) is 0 Å². The molecule has 7 heteroatoms. The van der Waals surface area contributed by atoms with E-state index in [1.54, 1.807) is 16.8 Å².